The van der Waals surface area contributed by atoms with Crippen LogP contribution in [0.15, 0.2) is 23.0 Å². The number of hydrogen-bond acceptors (Lipinski definition) is 6. The van der Waals surface area contributed by atoms with E-state index in [1.165, 1.54) is 32.0 Å². The summed E-state index contributed by atoms with van der Waals surface area (Å²) in [6, 6.07) is 2.23. The molecule has 204 valence electrons. The molecule has 0 spiro atoms. The largest absolute Gasteiger partial charge is 0.495 e. The van der Waals surface area contributed by atoms with Gasteiger partial charge in [0, 0.05) is 22.9 Å². The van der Waals surface area contributed by atoms with Crippen molar-refractivity contribution in [1.82, 2.24) is 4.57 Å². The predicted octanol–water partition coefficient (Wildman–Crippen LogP) is 5.30. The van der Waals surface area contributed by atoms with Gasteiger partial charge in [-0.3, -0.25) is 4.79 Å². The summed E-state index contributed by atoms with van der Waals surface area (Å²) >= 11 is 0. The molecule has 0 saturated carbocycles. The maximum absolute atomic E-state index is 13.8. The monoisotopic (exact) mass is 537 g/mol. The van der Waals surface area contributed by atoms with Crippen LogP contribution in [0.1, 0.15) is 25.3 Å². The van der Waals surface area contributed by atoms with Crippen LogP contribution < -0.4 is 24.5 Å². The van der Waals surface area contributed by atoms with Crippen molar-refractivity contribution in [3.8, 4) is 23.0 Å². The van der Waals surface area contributed by atoms with Gasteiger partial charge in [-0.15, -0.1) is 0 Å². The lowest BCUT2D eigenvalue weighted by atomic mass is 9.89. The molecule has 7 nitrogen and oxygen atoms in total. The molecule has 0 saturated heterocycles. The summed E-state index contributed by atoms with van der Waals surface area (Å²) in [4.78, 5) is 13.7. The Morgan fingerprint density at radius 2 is 1.38 bits per heavy atom. The van der Waals surface area contributed by atoms with Gasteiger partial charge in [0.1, 0.15) is 5.75 Å². The second-order valence-corrected chi connectivity index (χ2v) is 8.16. The fourth-order valence-corrected chi connectivity index (χ4v) is 4.29. The molecule has 0 bridgehead atoms. The summed E-state index contributed by atoms with van der Waals surface area (Å²) in [6.45, 7) is 1.91. The van der Waals surface area contributed by atoms with E-state index in [2.05, 4.69) is 0 Å². The number of aryl methyl sites for hydroxylation is 1. The highest BCUT2D eigenvalue weighted by Gasteiger charge is 2.71. The number of alkyl halides is 6. The molecule has 1 N–H and O–H groups in total. The Hall–Kier alpha value is -3.35. The maximum Gasteiger partial charge on any atom is 0.430 e. The average Bonchev–Trinajstić information content (AvgIpc) is 2.84. The van der Waals surface area contributed by atoms with Crippen LogP contribution in [-0.2, 0) is 12.1 Å². The highest BCUT2D eigenvalue weighted by atomic mass is 19.4. The predicted molar refractivity (Wildman–Crippen MR) is 123 cm³/mol. The first-order valence-corrected chi connectivity index (χ1v) is 11.0. The van der Waals surface area contributed by atoms with Gasteiger partial charge in [0.05, 0.1) is 39.3 Å². The number of halogens is 6. The Balaban J connectivity index is 2.71. The van der Waals surface area contributed by atoms with Crippen molar-refractivity contribution in [2.45, 2.75) is 44.3 Å². The van der Waals surface area contributed by atoms with Gasteiger partial charge < -0.3 is 28.6 Å². The van der Waals surface area contributed by atoms with E-state index in [1.54, 1.807) is 0 Å². The Bertz CT molecular complexity index is 1370. The number of hydrogen-bond donors (Lipinski definition) is 1. The molecule has 1 aromatic heterocycles. The van der Waals surface area contributed by atoms with Crippen LogP contribution in [-0.4, -0.2) is 50.5 Å². The SMILES string of the molecule is CCCCn1c(=O)c2c(OC)c(OC)c(OC)cc2c2cc(C(O)(C(F)(F)F)C(F)(F)F)cc(OC)c21. The molecule has 0 amide bonds. The third kappa shape index (κ3) is 4.28. The van der Waals surface area contributed by atoms with E-state index in [9.17, 15) is 36.2 Å². The first kappa shape index (κ1) is 28.2. The summed E-state index contributed by atoms with van der Waals surface area (Å²) in [6.07, 6.45) is -11.2. The van der Waals surface area contributed by atoms with Crippen LogP contribution >= 0.6 is 0 Å². The second kappa shape index (κ2) is 9.84. The van der Waals surface area contributed by atoms with E-state index in [4.69, 9.17) is 18.9 Å². The third-order valence-corrected chi connectivity index (χ3v) is 6.12. The van der Waals surface area contributed by atoms with Gasteiger partial charge in [0.25, 0.3) is 11.2 Å². The lowest BCUT2D eigenvalue weighted by Crippen LogP contribution is -2.53. The molecule has 0 radical (unpaired) electrons. The highest BCUT2D eigenvalue weighted by Crippen LogP contribution is 2.52. The molecule has 3 rings (SSSR count). The molecule has 0 unspecified atom stereocenters. The normalized spacial score (nSPS) is 12.8. The van der Waals surface area contributed by atoms with Crippen molar-refractivity contribution >= 4 is 21.7 Å². The van der Waals surface area contributed by atoms with Crippen LogP contribution in [0.5, 0.6) is 23.0 Å². The molecule has 1 heterocycles. The van der Waals surface area contributed by atoms with E-state index in [-0.39, 0.29) is 45.5 Å². The topological polar surface area (TPSA) is 79.2 Å². The van der Waals surface area contributed by atoms with Gasteiger partial charge in [-0.05, 0) is 24.6 Å². The van der Waals surface area contributed by atoms with Crippen molar-refractivity contribution in [3.05, 3.63) is 34.1 Å². The minimum absolute atomic E-state index is 0.00111. The summed E-state index contributed by atoms with van der Waals surface area (Å²) < 4.78 is 105. The Labute approximate surface area is 207 Å². The zero-order chi connectivity index (χ0) is 27.9. The van der Waals surface area contributed by atoms with Crippen LogP contribution in [0.3, 0.4) is 0 Å². The quantitative estimate of drug-likeness (QED) is 0.310. The van der Waals surface area contributed by atoms with Gasteiger partial charge in [0.15, 0.2) is 11.5 Å². The summed E-state index contributed by atoms with van der Waals surface area (Å²) in [5.74, 6) is -0.588. The Morgan fingerprint density at radius 1 is 0.811 bits per heavy atom. The van der Waals surface area contributed by atoms with E-state index >= 15 is 0 Å². The molecule has 0 aliphatic rings. The number of fused-ring (bicyclic) bond motifs is 3. The van der Waals surface area contributed by atoms with E-state index in [0.29, 0.717) is 25.0 Å². The first-order valence-electron chi connectivity index (χ1n) is 11.0. The number of aromatic nitrogens is 1. The molecule has 0 aliphatic heterocycles. The lowest BCUT2D eigenvalue weighted by molar-refractivity contribution is -0.376. The van der Waals surface area contributed by atoms with Crippen LogP contribution in [0.25, 0.3) is 21.7 Å². The van der Waals surface area contributed by atoms with Crippen LogP contribution in [0.2, 0.25) is 0 Å². The number of unbranched alkanes of at least 4 members (excludes halogenated alkanes) is 1. The van der Waals surface area contributed by atoms with Gasteiger partial charge in [-0.25, -0.2) is 0 Å². The fraction of sp³-hybridized carbons (Fsp3) is 0.458. The van der Waals surface area contributed by atoms with Gasteiger partial charge in [-0.2, -0.15) is 26.3 Å². The smallest absolute Gasteiger partial charge is 0.430 e. The molecular weight excluding hydrogens is 512 g/mol. The minimum Gasteiger partial charge on any atom is -0.495 e. The number of methoxy groups -OCH3 is 4. The number of aliphatic hydroxyl groups is 1. The fourth-order valence-electron chi connectivity index (χ4n) is 4.29. The lowest BCUT2D eigenvalue weighted by Gasteiger charge is -2.33. The molecule has 0 fully saturated rings. The minimum atomic E-state index is -6.13. The van der Waals surface area contributed by atoms with Gasteiger partial charge in [-0.1, -0.05) is 13.3 Å². The average molecular weight is 537 g/mol. The van der Waals surface area contributed by atoms with Crippen molar-refractivity contribution in [2.75, 3.05) is 28.4 Å². The third-order valence-electron chi connectivity index (χ3n) is 6.12. The molecular formula is C24H25F6NO6. The molecule has 13 heteroatoms. The molecule has 3 aromatic rings. The zero-order valence-corrected chi connectivity index (χ0v) is 20.6. The Kier molecular flexibility index (Phi) is 7.51. The second-order valence-electron chi connectivity index (χ2n) is 8.16. The van der Waals surface area contributed by atoms with E-state index in [1.807, 2.05) is 6.92 Å². The summed E-state index contributed by atoms with van der Waals surface area (Å²) in [5.41, 5.74) is -7.45. The van der Waals surface area contributed by atoms with Crippen LogP contribution in [0, 0.1) is 0 Å². The van der Waals surface area contributed by atoms with Gasteiger partial charge >= 0.3 is 12.4 Å². The standard InChI is InChI=1S/C24H25F6NO6/c1-6-7-8-31-18-14(13-11-16(35-3)19(36-4)20(37-5)17(13)21(31)32)9-12(10-15(18)34-2)22(33,23(25,26)27)24(28,29)30/h9-11,33H,6-8H2,1-5H3. The number of pyridine rings is 1. The van der Waals surface area contributed by atoms with Crippen LogP contribution in [0.4, 0.5) is 26.3 Å². The van der Waals surface area contributed by atoms with Crippen molar-refractivity contribution < 1.29 is 50.4 Å². The van der Waals surface area contributed by atoms with Gasteiger partial charge in [0.2, 0.25) is 5.75 Å². The molecule has 37 heavy (non-hydrogen) atoms. The molecule has 2 aromatic carbocycles. The molecule has 0 atom stereocenters. The highest BCUT2D eigenvalue weighted by molar-refractivity contribution is 6.11. The summed E-state index contributed by atoms with van der Waals surface area (Å²) in [7, 11) is 4.79. The number of ether oxygens (including phenoxy) is 4. The maximum atomic E-state index is 13.8. The molecule has 0 aliphatic carbocycles. The van der Waals surface area contributed by atoms with E-state index in [0.717, 1.165) is 7.11 Å². The number of rotatable bonds is 8. The van der Waals surface area contributed by atoms with Crippen molar-refractivity contribution in [3.63, 3.8) is 0 Å². The first-order chi connectivity index (χ1) is 17.2. The van der Waals surface area contributed by atoms with E-state index < -0.39 is 34.8 Å². The number of nitrogens with zero attached hydrogens (tertiary/aromatic N) is 1. The van der Waals surface area contributed by atoms with Crippen molar-refractivity contribution in [2.24, 2.45) is 0 Å². The summed E-state index contributed by atoms with van der Waals surface area (Å²) in [5, 5.41) is 9.63. The Morgan fingerprint density at radius 3 is 1.84 bits per heavy atom. The number of benzene rings is 2. The zero-order valence-electron chi connectivity index (χ0n) is 20.6. The van der Waals surface area contributed by atoms with Crippen molar-refractivity contribution in [1.29, 1.82) is 0 Å².